The molecular formula is C16H13BrN2O. The van der Waals surface area contributed by atoms with Crippen molar-refractivity contribution in [3.05, 3.63) is 75.2 Å². The highest BCUT2D eigenvalue weighted by atomic mass is 79.9. The lowest BCUT2D eigenvalue weighted by molar-refractivity contribution is 0.987. The quantitative estimate of drug-likeness (QED) is 0.761. The van der Waals surface area contributed by atoms with Crippen molar-refractivity contribution in [1.29, 1.82) is 0 Å². The van der Waals surface area contributed by atoms with Crippen LogP contribution >= 0.6 is 15.9 Å². The first-order valence-electron chi connectivity index (χ1n) is 6.28. The molecule has 0 saturated carbocycles. The van der Waals surface area contributed by atoms with Crippen LogP contribution in [0.1, 0.15) is 5.56 Å². The van der Waals surface area contributed by atoms with Crippen LogP contribution in [-0.2, 0) is 0 Å². The normalized spacial score (nSPS) is 10.7. The van der Waals surface area contributed by atoms with E-state index in [0.717, 1.165) is 21.4 Å². The third-order valence-electron chi connectivity index (χ3n) is 3.19. The number of H-pyrrole nitrogens is 1. The molecule has 0 spiro atoms. The number of hydrogen-bond acceptors (Lipinski definition) is 1. The first-order valence-corrected chi connectivity index (χ1v) is 7.07. The molecule has 0 unspecified atom stereocenters. The highest BCUT2D eigenvalue weighted by Gasteiger charge is 2.06. The number of aryl methyl sites for hydroxylation is 1. The van der Waals surface area contributed by atoms with Crippen molar-refractivity contribution in [1.82, 2.24) is 9.55 Å². The average Bonchev–Trinajstić information content (AvgIpc) is 2.82. The molecule has 0 aliphatic rings. The fourth-order valence-corrected chi connectivity index (χ4v) is 2.33. The van der Waals surface area contributed by atoms with Crippen LogP contribution in [0.15, 0.2) is 64.0 Å². The first kappa shape index (κ1) is 12.9. The van der Waals surface area contributed by atoms with Crippen molar-refractivity contribution >= 4 is 15.9 Å². The lowest BCUT2D eigenvalue weighted by Gasteiger charge is -2.00. The second-order valence-electron chi connectivity index (χ2n) is 4.69. The third kappa shape index (κ3) is 2.47. The molecular weight excluding hydrogens is 316 g/mol. The summed E-state index contributed by atoms with van der Waals surface area (Å²) in [5.41, 5.74) is 3.72. The predicted octanol–water partition coefficient (Wildman–Crippen LogP) is 3.90. The van der Waals surface area contributed by atoms with E-state index < -0.39 is 0 Å². The average molecular weight is 329 g/mol. The lowest BCUT2D eigenvalue weighted by atomic mass is 10.1. The minimum atomic E-state index is -0.136. The Morgan fingerprint density at radius 3 is 2.30 bits per heavy atom. The topological polar surface area (TPSA) is 37.8 Å². The first-order chi connectivity index (χ1) is 9.63. The molecule has 2 aromatic carbocycles. The molecule has 0 saturated heterocycles. The fraction of sp³-hybridized carbons (Fsp3) is 0.0625. The van der Waals surface area contributed by atoms with Gasteiger partial charge in [0.1, 0.15) is 0 Å². The van der Waals surface area contributed by atoms with Gasteiger partial charge in [-0.2, -0.15) is 0 Å². The summed E-state index contributed by atoms with van der Waals surface area (Å²) in [6, 6.07) is 15.7. The van der Waals surface area contributed by atoms with E-state index in [1.165, 1.54) is 5.56 Å². The number of aromatic amines is 1. The summed E-state index contributed by atoms with van der Waals surface area (Å²) >= 11 is 3.39. The maximum Gasteiger partial charge on any atom is 0.330 e. The van der Waals surface area contributed by atoms with Gasteiger partial charge in [-0.25, -0.2) is 4.79 Å². The van der Waals surface area contributed by atoms with E-state index in [9.17, 15) is 4.79 Å². The lowest BCUT2D eigenvalue weighted by Crippen LogP contribution is -2.13. The Bertz CT molecular complexity index is 783. The number of aromatic nitrogens is 2. The van der Waals surface area contributed by atoms with Crippen molar-refractivity contribution in [3.63, 3.8) is 0 Å². The van der Waals surface area contributed by atoms with Gasteiger partial charge < -0.3 is 4.98 Å². The van der Waals surface area contributed by atoms with Gasteiger partial charge in [0.15, 0.2) is 0 Å². The van der Waals surface area contributed by atoms with Crippen LogP contribution < -0.4 is 5.69 Å². The molecule has 0 aliphatic heterocycles. The van der Waals surface area contributed by atoms with Crippen LogP contribution in [0.5, 0.6) is 0 Å². The van der Waals surface area contributed by atoms with E-state index in [1.54, 1.807) is 4.57 Å². The van der Waals surface area contributed by atoms with Gasteiger partial charge in [-0.1, -0.05) is 45.8 Å². The van der Waals surface area contributed by atoms with Crippen LogP contribution in [0, 0.1) is 6.92 Å². The molecule has 1 N–H and O–H groups in total. The Hall–Kier alpha value is -2.07. The van der Waals surface area contributed by atoms with Gasteiger partial charge in [0.25, 0.3) is 0 Å². The number of nitrogens with zero attached hydrogens (tertiary/aromatic N) is 1. The predicted molar refractivity (Wildman–Crippen MR) is 84.3 cm³/mol. The molecule has 0 radical (unpaired) electrons. The van der Waals surface area contributed by atoms with E-state index in [-0.39, 0.29) is 5.69 Å². The van der Waals surface area contributed by atoms with E-state index in [1.807, 2.05) is 61.7 Å². The zero-order valence-electron chi connectivity index (χ0n) is 10.9. The molecule has 20 heavy (non-hydrogen) atoms. The van der Waals surface area contributed by atoms with Crippen LogP contribution in [0.4, 0.5) is 0 Å². The highest BCUT2D eigenvalue weighted by Crippen LogP contribution is 2.18. The summed E-state index contributed by atoms with van der Waals surface area (Å²) in [7, 11) is 0. The van der Waals surface area contributed by atoms with Crippen molar-refractivity contribution in [2.24, 2.45) is 0 Å². The standard InChI is InChI=1S/C16H13BrN2O/c1-11-2-4-12(5-3-11)15-10-19(16(20)18-15)14-8-6-13(17)7-9-14/h2-10H,1H3,(H,18,20). The molecule has 3 nitrogen and oxygen atoms in total. The summed E-state index contributed by atoms with van der Waals surface area (Å²) in [4.78, 5) is 15.0. The number of halogens is 1. The van der Waals surface area contributed by atoms with Crippen LogP contribution in [0.3, 0.4) is 0 Å². The minimum absolute atomic E-state index is 0.136. The van der Waals surface area contributed by atoms with Gasteiger partial charge in [-0.3, -0.25) is 4.57 Å². The minimum Gasteiger partial charge on any atom is -0.305 e. The summed E-state index contributed by atoms with van der Waals surface area (Å²) in [6.45, 7) is 2.04. The molecule has 100 valence electrons. The SMILES string of the molecule is Cc1ccc(-c2cn(-c3ccc(Br)cc3)c(=O)[nH]2)cc1. The van der Waals surface area contributed by atoms with E-state index in [0.29, 0.717) is 0 Å². The van der Waals surface area contributed by atoms with E-state index >= 15 is 0 Å². The smallest absolute Gasteiger partial charge is 0.305 e. The molecule has 0 aliphatic carbocycles. The van der Waals surface area contributed by atoms with Gasteiger partial charge in [-0.05, 0) is 36.8 Å². The molecule has 1 aromatic heterocycles. The van der Waals surface area contributed by atoms with Crippen molar-refractivity contribution in [2.45, 2.75) is 6.92 Å². The van der Waals surface area contributed by atoms with E-state index in [4.69, 9.17) is 0 Å². The third-order valence-corrected chi connectivity index (χ3v) is 3.71. The molecule has 0 bridgehead atoms. The summed E-state index contributed by atoms with van der Waals surface area (Å²) in [6.07, 6.45) is 1.83. The van der Waals surface area contributed by atoms with Crippen molar-refractivity contribution < 1.29 is 0 Å². The van der Waals surface area contributed by atoms with Crippen molar-refractivity contribution in [3.8, 4) is 16.9 Å². The monoisotopic (exact) mass is 328 g/mol. The molecule has 0 amide bonds. The summed E-state index contributed by atoms with van der Waals surface area (Å²) in [5, 5.41) is 0. The number of nitrogens with one attached hydrogen (secondary N) is 1. The number of imidazole rings is 1. The Morgan fingerprint density at radius 1 is 1.00 bits per heavy atom. The number of hydrogen-bond donors (Lipinski definition) is 1. The van der Waals surface area contributed by atoms with Crippen LogP contribution in [0.2, 0.25) is 0 Å². The van der Waals surface area contributed by atoms with Crippen LogP contribution in [0.25, 0.3) is 16.9 Å². The second kappa shape index (κ2) is 5.13. The number of rotatable bonds is 2. The Labute approximate surface area is 125 Å². The second-order valence-corrected chi connectivity index (χ2v) is 5.60. The zero-order chi connectivity index (χ0) is 14.1. The molecule has 1 heterocycles. The maximum atomic E-state index is 12.1. The summed E-state index contributed by atoms with van der Waals surface area (Å²) < 4.78 is 2.60. The largest absolute Gasteiger partial charge is 0.330 e. The van der Waals surface area contributed by atoms with Gasteiger partial charge in [0.05, 0.1) is 11.4 Å². The molecule has 3 rings (SSSR count). The van der Waals surface area contributed by atoms with E-state index in [2.05, 4.69) is 20.9 Å². The number of benzene rings is 2. The van der Waals surface area contributed by atoms with Gasteiger partial charge in [-0.15, -0.1) is 0 Å². The fourth-order valence-electron chi connectivity index (χ4n) is 2.07. The van der Waals surface area contributed by atoms with Gasteiger partial charge >= 0.3 is 5.69 Å². The van der Waals surface area contributed by atoms with Gasteiger partial charge in [0.2, 0.25) is 0 Å². The Morgan fingerprint density at radius 2 is 1.65 bits per heavy atom. The van der Waals surface area contributed by atoms with Crippen LogP contribution in [-0.4, -0.2) is 9.55 Å². The van der Waals surface area contributed by atoms with Crippen molar-refractivity contribution in [2.75, 3.05) is 0 Å². The Balaban J connectivity index is 2.05. The van der Waals surface area contributed by atoms with Gasteiger partial charge in [0, 0.05) is 10.7 Å². The highest BCUT2D eigenvalue weighted by molar-refractivity contribution is 9.10. The molecule has 4 heteroatoms. The molecule has 3 aromatic rings. The zero-order valence-corrected chi connectivity index (χ0v) is 12.5. The molecule has 0 atom stereocenters. The summed E-state index contributed by atoms with van der Waals surface area (Å²) in [5.74, 6) is 0. The molecule has 0 fully saturated rings. The Kier molecular flexibility index (Phi) is 3.32. The maximum absolute atomic E-state index is 12.1.